The van der Waals surface area contributed by atoms with Crippen molar-refractivity contribution in [3.63, 3.8) is 0 Å². The SMILES string of the molecule is CC(C)(C)OC(=O)NC(Cc1c(-c2ccccc2)[nH]c2ccccc12)C(=O)O. The minimum atomic E-state index is -1.12. The van der Waals surface area contributed by atoms with Gasteiger partial charge in [-0.25, -0.2) is 9.59 Å². The predicted molar refractivity (Wildman–Crippen MR) is 108 cm³/mol. The highest BCUT2D eigenvalue weighted by Gasteiger charge is 2.26. The topological polar surface area (TPSA) is 91.4 Å². The number of fused-ring (bicyclic) bond motifs is 1. The third kappa shape index (κ3) is 4.52. The van der Waals surface area contributed by atoms with Gasteiger partial charge in [0, 0.05) is 23.0 Å². The molecule has 0 saturated carbocycles. The zero-order valence-corrected chi connectivity index (χ0v) is 16.2. The highest BCUT2D eigenvalue weighted by molar-refractivity contribution is 5.92. The minimum Gasteiger partial charge on any atom is -0.480 e. The summed E-state index contributed by atoms with van der Waals surface area (Å²) in [6.45, 7) is 5.20. The summed E-state index contributed by atoms with van der Waals surface area (Å²) in [6, 6.07) is 16.3. The van der Waals surface area contributed by atoms with Crippen LogP contribution >= 0.6 is 0 Å². The molecule has 0 bridgehead atoms. The van der Waals surface area contributed by atoms with Gasteiger partial charge in [0.25, 0.3) is 0 Å². The lowest BCUT2D eigenvalue weighted by molar-refractivity contribution is -0.139. The van der Waals surface area contributed by atoms with E-state index in [0.29, 0.717) is 0 Å². The standard InChI is InChI=1S/C22H24N2O4/c1-22(2,3)28-21(27)24-18(20(25)26)13-16-15-11-7-8-12-17(15)23-19(16)14-9-5-4-6-10-14/h4-12,18,23H,13H2,1-3H3,(H,24,27)(H,25,26). The van der Waals surface area contributed by atoms with Crippen LogP contribution in [-0.4, -0.2) is 33.8 Å². The van der Waals surface area contributed by atoms with E-state index in [1.807, 2.05) is 54.6 Å². The Hall–Kier alpha value is -3.28. The van der Waals surface area contributed by atoms with E-state index >= 15 is 0 Å². The number of ether oxygens (including phenoxy) is 1. The number of aromatic amines is 1. The predicted octanol–water partition coefficient (Wildman–Crippen LogP) is 4.36. The Morgan fingerprint density at radius 3 is 2.36 bits per heavy atom. The van der Waals surface area contributed by atoms with Crippen LogP contribution in [0.1, 0.15) is 26.3 Å². The first kappa shape index (κ1) is 19.5. The molecule has 146 valence electrons. The number of hydrogen-bond donors (Lipinski definition) is 3. The molecule has 0 aliphatic carbocycles. The number of carboxylic acids is 1. The summed E-state index contributed by atoms with van der Waals surface area (Å²) in [4.78, 5) is 27.3. The molecule has 2 aromatic carbocycles. The number of para-hydroxylation sites is 1. The molecule has 0 aliphatic rings. The molecule has 3 aromatic rings. The van der Waals surface area contributed by atoms with Crippen molar-refractivity contribution in [2.75, 3.05) is 0 Å². The van der Waals surface area contributed by atoms with E-state index in [0.717, 1.165) is 27.7 Å². The fourth-order valence-corrected chi connectivity index (χ4v) is 3.12. The summed E-state index contributed by atoms with van der Waals surface area (Å²) in [6.07, 6.45) is -0.621. The molecule has 6 nitrogen and oxygen atoms in total. The summed E-state index contributed by atoms with van der Waals surface area (Å²) >= 11 is 0. The monoisotopic (exact) mass is 380 g/mol. The van der Waals surface area contributed by atoms with Gasteiger partial charge < -0.3 is 20.1 Å². The molecule has 1 aromatic heterocycles. The minimum absolute atomic E-state index is 0.128. The fourth-order valence-electron chi connectivity index (χ4n) is 3.12. The molecule has 1 amide bonds. The Morgan fingerprint density at radius 1 is 1.07 bits per heavy atom. The highest BCUT2D eigenvalue weighted by Crippen LogP contribution is 2.31. The number of aliphatic carboxylic acids is 1. The number of nitrogens with one attached hydrogen (secondary N) is 2. The van der Waals surface area contributed by atoms with Gasteiger partial charge in [0.05, 0.1) is 0 Å². The smallest absolute Gasteiger partial charge is 0.408 e. The summed E-state index contributed by atoms with van der Waals surface area (Å²) in [5.41, 5.74) is 2.85. The highest BCUT2D eigenvalue weighted by atomic mass is 16.6. The molecule has 0 spiro atoms. The molecule has 3 N–H and O–H groups in total. The van der Waals surface area contributed by atoms with Crippen molar-refractivity contribution >= 4 is 23.0 Å². The fraction of sp³-hybridized carbons (Fsp3) is 0.273. The second-order valence-corrected chi connectivity index (χ2v) is 7.63. The van der Waals surface area contributed by atoms with Crippen LogP contribution in [0.25, 0.3) is 22.2 Å². The number of hydrogen-bond acceptors (Lipinski definition) is 3. The lowest BCUT2D eigenvalue weighted by atomic mass is 9.99. The third-order valence-electron chi connectivity index (χ3n) is 4.27. The lowest BCUT2D eigenvalue weighted by Crippen LogP contribution is -2.44. The lowest BCUT2D eigenvalue weighted by Gasteiger charge is -2.22. The Balaban J connectivity index is 1.97. The Bertz CT molecular complexity index is 987. The molecule has 0 fully saturated rings. The number of rotatable bonds is 5. The van der Waals surface area contributed by atoms with Gasteiger partial charge in [0.15, 0.2) is 0 Å². The van der Waals surface area contributed by atoms with E-state index in [1.54, 1.807) is 20.8 Å². The quantitative estimate of drug-likeness (QED) is 0.613. The van der Waals surface area contributed by atoms with Crippen molar-refractivity contribution in [1.29, 1.82) is 0 Å². The normalized spacial score (nSPS) is 12.5. The molecular weight excluding hydrogens is 356 g/mol. The van der Waals surface area contributed by atoms with Gasteiger partial charge in [-0.2, -0.15) is 0 Å². The van der Waals surface area contributed by atoms with Crippen molar-refractivity contribution in [2.24, 2.45) is 0 Å². The van der Waals surface area contributed by atoms with Crippen molar-refractivity contribution in [1.82, 2.24) is 10.3 Å². The molecule has 0 radical (unpaired) electrons. The van der Waals surface area contributed by atoms with E-state index in [9.17, 15) is 14.7 Å². The molecule has 0 aliphatic heterocycles. The molecule has 6 heteroatoms. The summed E-state index contributed by atoms with van der Waals surface area (Å²) in [7, 11) is 0. The van der Waals surface area contributed by atoms with Gasteiger partial charge in [0.2, 0.25) is 0 Å². The number of H-pyrrole nitrogens is 1. The van der Waals surface area contributed by atoms with Gasteiger partial charge in [0.1, 0.15) is 11.6 Å². The number of benzene rings is 2. The van der Waals surface area contributed by atoms with E-state index in [1.165, 1.54) is 0 Å². The van der Waals surface area contributed by atoms with E-state index in [4.69, 9.17) is 4.74 Å². The van der Waals surface area contributed by atoms with Gasteiger partial charge in [-0.1, -0.05) is 48.5 Å². The third-order valence-corrected chi connectivity index (χ3v) is 4.27. The number of alkyl carbamates (subject to hydrolysis) is 1. The number of carbonyl (C=O) groups excluding carboxylic acids is 1. The van der Waals surface area contributed by atoms with Crippen LogP contribution in [0.5, 0.6) is 0 Å². The molecule has 1 atom stereocenters. The number of amides is 1. The first-order valence-electron chi connectivity index (χ1n) is 9.12. The summed E-state index contributed by atoms with van der Waals surface area (Å²) < 4.78 is 5.22. The van der Waals surface area contributed by atoms with Gasteiger partial charge in [-0.05, 0) is 38.0 Å². The average molecular weight is 380 g/mol. The second-order valence-electron chi connectivity index (χ2n) is 7.63. The van der Waals surface area contributed by atoms with Crippen LogP contribution in [0.2, 0.25) is 0 Å². The number of carboxylic acid groups (broad SMARTS) is 1. The van der Waals surface area contributed by atoms with Crippen LogP contribution in [0.4, 0.5) is 4.79 Å². The molecular formula is C22H24N2O4. The largest absolute Gasteiger partial charge is 0.480 e. The average Bonchev–Trinajstić information content (AvgIpc) is 2.99. The summed E-state index contributed by atoms with van der Waals surface area (Å²) in [5.74, 6) is -1.12. The maximum Gasteiger partial charge on any atom is 0.408 e. The van der Waals surface area contributed by atoms with E-state index in [2.05, 4.69) is 10.3 Å². The molecule has 1 heterocycles. The Kier molecular flexibility index (Phi) is 5.40. The number of carbonyl (C=O) groups is 2. The van der Waals surface area contributed by atoms with Crippen LogP contribution in [-0.2, 0) is 16.0 Å². The zero-order chi connectivity index (χ0) is 20.3. The van der Waals surface area contributed by atoms with Crippen molar-refractivity contribution < 1.29 is 19.4 Å². The van der Waals surface area contributed by atoms with Crippen LogP contribution in [0, 0.1) is 0 Å². The van der Waals surface area contributed by atoms with Crippen LogP contribution in [0.3, 0.4) is 0 Å². The first-order valence-corrected chi connectivity index (χ1v) is 9.12. The molecule has 0 saturated heterocycles. The maximum atomic E-state index is 12.1. The van der Waals surface area contributed by atoms with Crippen molar-refractivity contribution in [3.05, 3.63) is 60.2 Å². The van der Waals surface area contributed by atoms with Crippen LogP contribution < -0.4 is 5.32 Å². The van der Waals surface area contributed by atoms with Gasteiger partial charge in [-0.15, -0.1) is 0 Å². The van der Waals surface area contributed by atoms with E-state index < -0.39 is 23.7 Å². The second kappa shape index (κ2) is 7.76. The van der Waals surface area contributed by atoms with Crippen LogP contribution in [0.15, 0.2) is 54.6 Å². The Morgan fingerprint density at radius 2 is 1.71 bits per heavy atom. The zero-order valence-electron chi connectivity index (χ0n) is 16.2. The Labute approximate surface area is 163 Å². The first-order chi connectivity index (χ1) is 13.2. The molecule has 28 heavy (non-hydrogen) atoms. The van der Waals surface area contributed by atoms with Gasteiger partial charge in [-0.3, -0.25) is 0 Å². The van der Waals surface area contributed by atoms with Crippen molar-refractivity contribution in [3.8, 4) is 11.3 Å². The summed E-state index contributed by atoms with van der Waals surface area (Å²) in [5, 5.41) is 13.1. The maximum absolute atomic E-state index is 12.1. The van der Waals surface area contributed by atoms with E-state index in [-0.39, 0.29) is 6.42 Å². The van der Waals surface area contributed by atoms with Gasteiger partial charge >= 0.3 is 12.1 Å². The number of aromatic nitrogens is 1. The molecule has 3 rings (SSSR count). The molecule has 1 unspecified atom stereocenters. The van der Waals surface area contributed by atoms with Crippen molar-refractivity contribution in [2.45, 2.75) is 38.8 Å².